The van der Waals surface area contributed by atoms with Crippen molar-refractivity contribution in [3.8, 4) is 5.75 Å². The maximum absolute atomic E-state index is 13.0. The minimum atomic E-state index is -1.06. The molecule has 4 aliphatic rings. The molecule has 20 heteroatoms. The average Bonchev–Trinajstić information content (AvgIpc) is 3.79. The summed E-state index contributed by atoms with van der Waals surface area (Å²) in [6.07, 6.45) is 6.96. The van der Waals surface area contributed by atoms with Crippen LogP contribution in [0.25, 0.3) is 11.2 Å². The van der Waals surface area contributed by atoms with E-state index in [2.05, 4.69) is 50.7 Å². The van der Waals surface area contributed by atoms with Crippen LogP contribution >= 0.6 is 0 Å². The molecule has 0 spiro atoms. The van der Waals surface area contributed by atoms with Gasteiger partial charge in [0.2, 0.25) is 11.8 Å². The minimum absolute atomic E-state index is 0.0289. The van der Waals surface area contributed by atoms with Gasteiger partial charge in [0.25, 0.3) is 23.6 Å². The Morgan fingerprint density at radius 3 is 2.47 bits per heavy atom. The second kappa shape index (κ2) is 19.1. The van der Waals surface area contributed by atoms with Gasteiger partial charge in [-0.3, -0.25) is 39.0 Å². The van der Waals surface area contributed by atoms with Crippen LogP contribution in [-0.4, -0.2) is 147 Å². The van der Waals surface area contributed by atoms with Crippen LogP contribution in [0.2, 0.25) is 0 Å². The van der Waals surface area contributed by atoms with Crippen molar-refractivity contribution in [2.45, 2.75) is 69.6 Å². The summed E-state index contributed by atoms with van der Waals surface area (Å²) in [6, 6.07) is 9.15. The topological polar surface area (TPSA) is 241 Å². The zero-order valence-electron chi connectivity index (χ0n) is 34.3. The fourth-order valence-corrected chi connectivity index (χ4v) is 8.10. The van der Waals surface area contributed by atoms with Crippen LogP contribution < -0.4 is 26.0 Å². The molecule has 4 N–H and O–H groups in total. The van der Waals surface area contributed by atoms with Crippen LogP contribution in [0.1, 0.15) is 81.5 Å². The molecular weight excluding hydrogens is 803 g/mol. The highest BCUT2D eigenvalue weighted by molar-refractivity contribution is 6.23. The standard InChI is InChI=1S/C42H49N11O9/c1-25-3-2-4-32(47-25)39(56)49-27-19-28(20-27)52-24-46-36-37(44-23-45-38(36)52)48-26-9-12-51(13-10-26)14-16-61-18-17-60-15-11-43-35(55)22-62-29-5-6-30-31(21-29)42(59)53(41(30)58)33-7-8-34(54)50-40(33)57/h2-6,21,23-24,26-28,33H,7-20,22H2,1H3,(H,43,55)(H,49,56)(H,44,45,48)(H,50,54,57)/t27?,28?,33-/m0/s1. The molecule has 3 aliphatic heterocycles. The molecule has 1 saturated carbocycles. The third kappa shape index (κ3) is 9.72. The molecule has 6 heterocycles. The number of aryl methyl sites for hydroxylation is 1. The molecule has 2 saturated heterocycles. The summed E-state index contributed by atoms with van der Waals surface area (Å²) in [5, 5.41) is 11.6. The average molecular weight is 852 g/mol. The maximum Gasteiger partial charge on any atom is 0.270 e. The van der Waals surface area contributed by atoms with E-state index in [0.29, 0.717) is 25.5 Å². The Morgan fingerprint density at radius 1 is 0.887 bits per heavy atom. The second-order valence-electron chi connectivity index (χ2n) is 15.8. The summed E-state index contributed by atoms with van der Waals surface area (Å²) in [4.78, 5) is 95.9. The number of pyridine rings is 1. The number of anilines is 1. The number of carbonyl (C=O) groups excluding carboxylic acids is 6. The van der Waals surface area contributed by atoms with Gasteiger partial charge in [0, 0.05) is 56.4 Å². The van der Waals surface area contributed by atoms with Gasteiger partial charge >= 0.3 is 0 Å². The first-order chi connectivity index (χ1) is 30.1. The van der Waals surface area contributed by atoms with Crippen molar-refractivity contribution >= 4 is 52.4 Å². The van der Waals surface area contributed by atoms with Gasteiger partial charge in [-0.2, -0.15) is 0 Å². The van der Waals surface area contributed by atoms with Crippen molar-refractivity contribution in [1.82, 2.24) is 50.3 Å². The van der Waals surface area contributed by atoms with E-state index in [0.717, 1.165) is 72.9 Å². The first-order valence-electron chi connectivity index (χ1n) is 20.9. The third-order valence-electron chi connectivity index (χ3n) is 11.5. The molecule has 3 fully saturated rings. The Balaban J connectivity index is 0.661. The first-order valence-corrected chi connectivity index (χ1v) is 20.9. The predicted octanol–water partition coefficient (Wildman–Crippen LogP) is 1.17. The zero-order valence-corrected chi connectivity index (χ0v) is 34.3. The Bertz CT molecular complexity index is 2340. The molecule has 6 amide bonds. The number of nitrogens with zero attached hydrogens (tertiary/aromatic N) is 7. The number of likely N-dealkylation sites (tertiary alicyclic amines) is 1. The summed E-state index contributed by atoms with van der Waals surface area (Å²) >= 11 is 0. The number of nitrogens with one attached hydrogen (secondary N) is 4. The van der Waals surface area contributed by atoms with Crippen LogP contribution in [0, 0.1) is 6.92 Å². The van der Waals surface area contributed by atoms with E-state index in [9.17, 15) is 28.8 Å². The lowest BCUT2D eigenvalue weighted by molar-refractivity contribution is -0.136. The highest BCUT2D eigenvalue weighted by Crippen LogP contribution is 2.35. The summed E-state index contributed by atoms with van der Waals surface area (Å²) < 4.78 is 19.0. The number of benzene rings is 1. The number of hydrogen-bond acceptors (Lipinski definition) is 15. The molecule has 4 aromatic rings. The number of carbonyl (C=O) groups is 6. The van der Waals surface area contributed by atoms with E-state index in [1.165, 1.54) is 18.2 Å². The van der Waals surface area contributed by atoms with E-state index in [4.69, 9.17) is 14.2 Å². The molecule has 62 heavy (non-hydrogen) atoms. The van der Waals surface area contributed by atoms with Crippen LogP contribution in [-0.2, 0) is 23.9 Å². The second-order valence-corrected chi connectivity index (χ2v) is 15.8. The van der Waals surface area contributed by atoms with E-state index in [1.54, 1.807) is 12.4 Å². The van der Waals surface area contributed by atoms with Gasteiger partial charge in [0.1, 0.15) is 29.3 Å². The Labute approximate surface area is 356 Å². The van der Waals surface area contributed by atoms with Gasteiger partial charge in [-0.25, -0.2) is 19.9 Å². The molecule has 20 nitrogen and oxygen atoms in total. The highest BCUT2D eigenvalue weighted by Gasteiger charge is 2.45. The van der Waals surface area contributed by atoms with Crippen LogP contribution in [0.3, 0.4) is 0 Å². The van der Waals surface area contributed by atoms with Gasteiger partial charge in [0.15, 0.2) is 18.1 Å². The third-order valence-corrected chi connectivity index (χ3v) is 11.5. The number of hydrogen-bond donors (Lipinski definition) is 4. The van der Waals surface area contributed by atoms with Gasteiger partial charge in [0.05, 0.1) is 43.9 Å². The molecule has 0 radical (unpaired) electrons. The van der Waals surface area contributed by atoms with Gasteiger partial charge < -0.3 is 39.6 Å². The molecule has 1 atom stereocenters. The number of rotatable bonds is 18. The predicted molar refractivity (Wildman–Crippen MR) is 220 cm³/mol. The Hall–Kier alpha value is -6.38. The molecular formula is C42H49N11O9. The van der Waals surface area contributed by atoms with Gasteiger partial charge in [-0.1, -0.05) is 6.07 Å². The van der Waals surface area contributed by atoms with Gasteiger partial charge in [-0.15, -0.1) is 0 Å². The van der Waals surface area contributed by atoms with E-state index in [-0.39, 0.29) is 73.5 Å². The van der Waals surface area contributed by atoms with Crippen molar-refractivity contribution in [1.29, 1.82) is 0 Å². The van der Waals surface area contributed by atoms with Crippen molar-refractivity contribution in [3.05, 3.63) is 71.6 Å². The molecule has 0 bridgehead atoms. The number of aromatic nitrogens is 5. The Morgan fingerprint density at radius 2 is 1.68 bits per heavy atom. The lowest BCUT2D eigenvalue weighted by atomic mass is 9.86. The van der Waals surface area contributed by atoms with E-state index < -0.39 is 35.6 Å². The number of ether oxygens (including phenoxy) is 3. The first kappa shape index (κ1) is 42.3. The molecule has 1 aromatic carbocycles. The van der Waals surface area contributed by atoms with Crippen LogP contribution in [0.5, 0.6) is 5.75 Å². The van der Waals surface area contributed by atoms with E-state index >= 15 is 0 Å². The highest BCUT2D eigenvalue weighted by atomic mass is 16.5. The van der Waals surface area contributed by atoms with Gasteiger partial charge in [-0.05, 0) is 69.4 Å². The fourth-order valence-electron chi connectivity index (χ4n) is 8.10. The van der Waals surface area contributed by atoms with Crippen molar-refractivity contribution in [3.63, 3.8) is 0 Å². The quantitative estimate of drug-likeness (QED) is 0.0812. The molecule has 1 aliphatic carbocycles. The summed E-state index contributed by atoms with van der Waals surface area (Å²) in [7, 11) is 0. The SMILES string of the molecule is Cc1cccc(C(=O)NC2CC(n3cnc4c(NC5CCN(CCOCCOCCNC(=O)COc6ccc7c(c6)C(=O)N([C@H]6CCC(=O)NC6=O)C7=O)CC5)ncnc43)C2)n1. The lowest BCUT2D eigenvalue weighted by Crippen LogP contribution is -2.54. The zero-order chi connectivity index (χ0) is 43.2. The minimum Gasteiger partial charge on any atom is -0.484 e. The van der Waals surface area contributed by atoms with Crippen LogP contribution in [0.15, 0.2) is 49.1 Å². The number of amides is 6. The number of fused-ring (bicyclic) bond motifs is 2. The number of imide groups is 2. The molecule has 3 aromatic heterocycles. The molecule has 8 rings (SSSR count). The summed E-state index contributed by atoms with van der Waals surface area (Å²) in [5.41, 5.74) is 2.96. The molecule has 0 unspecified atom stereocenters. The smallest absolute Gasteiger partial charge is 0.270 e. The molecule has 326 valence electrons. The summed E-state index contributed by atoms with van der Waals surface area (Å²) in [5.74, 6) is -2.01. The fraction of sp³-hybridized carbons (Fsp3) is 0.476. The normalized spacial score (nSPS) is 20.5. The Kier molecular flexibility index (Phi) is 13.1. The van der Waals surface area contributed by atoms with Crippen LogP contribution in [0.4, 0.5) is 5.82 Å². The van der Waals surface area contributed by atoms with Crippen molar-refractivity contribution in [2.75, 3.05) is 64.5 Å². The monoisotopic (exact) mass is 851 g/mol. The summed E-state index contributed by atoms with van der Waals surface area (Å²) in [6.45, 7) is 6.13. The number of piperidine rings is 2. The lowest BCUT2D eigenvalue weighted by Gasteiger charge is -2.36. The van der Waals surface area contributed by atoms with E-state index in [1.807, 2.05) is 25.4 Å². The number of imidazole rings is 1. The van der Waals surface area contributed by atoms with Crippen molar-refractivity contribution in [2.24, 2.45) is 0 Å². The maximum atomic E-state index is 13.0. The largest absolute Gasteiger partial charge is 0.484 e. The van der Waals surface area contributed by atoms with Crippen molar-refractivity contribution < 1.29 is 43.0 Å².